The molecule has 1 amide bonds. The summed E-state index contributed by atoms with van der Waals surface area (Å²) in [6.07, 6.45) is 0.854. The van der Waals surface area contributed by atoms with E-state index in [1.165, 1.54) is 22.1 Å². The summed E-state index contributed by atoms with van der Waals surface area (Å²) in [4.78, 5) is 28.1. The fourth-order valence-corrected chi connectivity index (χ4v) is 4.85. The van der Waals surface area contributed by atoms with Gasteiger partial charge in [-0.05, 0) is 45.7 Å². The second-order valence-corrected chi connectivity index (χ2v) is 10.2. The van der Waals surface area contributed by atoms with Crippen molar-refractivity contribution in [3.05, 3.63) is 40.0 Å². The molecule has 10 nitrogen and oxygen atoms in total. The molecule has 1 fully saturated rings. The number of nitrogens with zero attached hydrogens (tertiary/aromatic N) is 4. The van der Waals surface area contributed by atoms with Gasteiger partial charge >= 0.3 is 6.16 Å². The highest BCUT2D eigenvalue weighted by Gasteiger charge is 2.25. The molecule has 0 unspecified atom stereocenters. The molecule has 1 aliphatic heterocycles. The molecule has 0 atom stereocenters. The fraction of sp³-hybridized carbons (Fsp3) is 0.478. The predicted molar refractivity (Wildman–Crippen MR) is 131 cm³/mol. The molecule has 0 radical (unpaired) electrons. The van der Waals surface area contributed by atoms with Gasteiger partial charge in [-0.25, -0.2) is 9.48 Å². The predicted octanol–water partition coefficient (Wildman–Crippen LogP) is 4.44. The largest absolute Gasteiger partial charge is 0.515 e. The molecule has 188 valence electrons. The molecular formula is C23H28ClN5O5S. The molecule has 1 N–H and O–H groups in total. The van der Waals surface area contributed by atoms with Gasteiger partial charge in [0.05, 0.1) is 22.4 Å². The Balaban J connectivity index is 1.48. The number of carbonyl (C=O) groups excluding carboxylic acids is 2. The molecule has 0 spiro atoms. The molecule has 35 heavy (non-hydrogen) atoms. The number of likely N-dealkylation sites (tertiary alicyclic amines) is 1. The minimum absolute atomic E-state index is 0.0628. The number of piperidine rings is 1. The number of hydrogen-bond acceptors (Lipinski definition) is 9. The zero-order chi connectivity index (χ0) is 24.9. The minimum Gasteiger partial charge on any atom is -0.434 e. The van der Waals surface area contributed by atoms with Crippen molar-refractivity contribution in [2.45, 2.75) is 52.2 Å². The minimum atomic E-state index is -0.879. The van der Waals surface area contributed by atoms with Crippen LogP contribution in [0.1, 0.15) is 49.8 Å². The van der Waals surface area contributed by atoms with E-state index in [0.717, 1.165) is 30.8 Å². The maximum atomic E-state index is 12.9. The SMILES string of the molecule is CCOC(=O)Oc1cc(C(=O)NC2CCN(C(C)C)CC2)nn1Cc1cc(-c2ccc(Cl)s2)on1. The van der Waals surface area contributed by atoms with Gasteiger partial charge in [-0.3, -0.25) is 4.79 Å². The Morgan fingerprint density at radius 2 is 2.06 bits per heavy atom. The van der Waals surface area contributed by atoms with Gasteiger partial charge in [-0.2, -0.15) is 5.10 Å². The zero-order valence-corrected chi connectivity index (χ0v) is 21.4. The van der Waals surface area contributed by atoms with Crippen LogP contribution in [0.2, 0.25) is 4.34 Å². The Morgan fingerprint density at radius 1 is 1.29 bits per heavy atom. The van der Waals surface area contributed by atoms with E-state index in [2.05, 4.69) is 34.3 Å². The van der Waals surface area contributed by atoms with Crippen LogP contribution in [0, 0.1) is 0 Å². The molecular weight excluding hydrogens is 494 g/mol. The molecule has 0 aromatic carbocycles. The van der Waals surface area contributed by atoms with Gasteiger partial charge in [0, 0.05) is 37.3 Å². The summed E-state index contributed by atoms with van der Waals surface area (Å²) >= 11 is 7.38. The summed E-state index contributed by atoms with van der Waals surface area (Å²) in [5.41, 5.74) is 0.679. The molecule has 4 heterocycles. The number of aromatic nitrogens is 3. The van der Waals surface area contributed by atoms with Gasteiger partial charge < -0.3 is 24.2 Å². The molecule has 3 aromatic heterocycles. The first-order valence-electron chi connectivity index (χ1n) is 11.5. The third-order valence-corrected chi connectivity index (χ3v) is 6.95. The second kappa shape index (κ2) is 11.2. The van der Waals surface area contributed by atoms with Crippen molar-refractivity contribution in [2.24, 2.45) is 0 Å². The van der Waals surface area contributed by atoms with Crippen LogP contribution >= 0.6 is 22.9 Å². The van der Waals surface area contributed by atoms with Crippen LogP contribution in [0.4, 0.5) is 4.79 Å². The number of rotatable bonds is 8. The lowest BCUT2D eigenvalue weighted by Crippen LogP contribution is -2.46. The normalized spacial score (nSPS) is 14.9. The highest BCUT2D eigenvalue weighted by molar-refractivity contribution is 7.19. The molecule has 0 saturated carbocycles. The van der Waals surface area contributed by atoms with Gasteiger partial charge in [0.25, 0.3) is 5.91 Å². The van der Waals surface area contributed by atoms with Crippen molar-refractivity contribution in [3.63, 3.8) is 0 Å². The summed E-state index contributed by atoms with van der Waals surface area (Å²) in [6, 6.07) is 7.34. The number of thiophene rings is 1. The maximum Gasteiger partial charge on any atom is 0.515 e. The smallest absolute Gasteiger partial charge is 0.434 e. The zero-order valence-electron chi connectivity index (χ0n) is 19.8. The van der Waals surface area contributed by atoms with Crippen LogP contribution in [0.5, 0.6) is 5.88 Å². The molecule has 1 saturated heterocycles. The van der Waals surface area contributed by atoms with Gasteiger partial charge in [-0.15, -0.1) is 11.3 Å². The first-order valence-corrected chi connectivity index (χ1v) is 12.7. The monoisotopic (exact) mass is 521 g/mol. The number of nitrogens with one attached hydrogen (secondary N) is 1. The van der Waals surface area contributed by atoms with Crippen molar-refractivity contribution in [1.29, 1.82) is 0 Å². The Kier molecular flexibility index (Phi) is 8.09. The van der Waals surface area contributed by atoms with Crippen molar-refractivity contribution in [3.8, 4) is 16.5 Å². The highest BCUT2D eigenvalue weighted by atomic mass is 35.5. The lowest BCUT2D eigenvalue weighted by Gasteiger charge is -2.34. The number of hydrogen-bond donors (Lipinski definition) is 1. The van der Waals surface area contributed by atoms with Crippen LogP contribution in [-0.2, 0) is 11.3 Å². The highest BCUT2D eigenvalue weighted by Crippen LogP contribution is 2.31. The Morgan fingerprint density at radius 3 is 2.71 bits per heavy atom. The van der Waals surface area contributed by atoms with Crippen LogP contribution in [0.25, 0.3) is 10.6 Å². The molecule has 4 rings (SSSR count). The summed E-state index contributed by atoms with van der Waals surface area (Å²) in [5, 5.41) is 11.5. The first-order chi connectivity index (χ1) is 16.8. The average Bonchev–Trinajstić information content (AvgIpc) is 3.55. The summed E-state index contributed by atoms with van der Waals surface area (Å²) in [6.45, 7) is 8.16. The van der Waals surface area contributed by atoms with Crippen molar-refractivity contribution >= 4 is 35.0 Å². The molecule has 0 aliphatic carbocycles. The van der Waals surface area contributed by atoms with E-state index in [1.807, 2.05) is 6.07 Å². The van der Waals surface area contributed by atoms with E-state index in [1.54, 1.807) is 19.1 Å². The molecule has 3 aromatic rings. The van der Waals surface area contributed by atoms with E-state index < -0.39 is 6.16 Å². The van der Waals surface area contributed by atoms with Gasteiger partial charge in [0.1, 0.15) is 5.69 Å². The third-order valence-electron chi connectivity index (χ3n) is 5.71. The number of halogens is 1. The number of carbonyl (C=O) groups is 2. The van der Waals surface area contributed by atoms with E-state index in [9.17, 15) is 9.59 Å². The van der Waals surface area contributed by atoms with E-state index in [-0.39, 0.29) is 36.7 Å². The van der Waals surface area contributed by atoms with Gasteiger partial charge in [0.2, 0.25) is 5.88 Å². The van der Waals surface area contributed by atoms with Gasteiger partial charge in [-0.1, -0.05) is 16.8 Å². The summed E-state index contributed by atoms with van der Waals surface area (Å²) in [7, 11) is 0. The van der Waals surface area contributed by atoms with Crippen molar-refractivity contribution in [2.75, 3.05) is 19.7 Å². The van der Waals surface area contributed by atoms with Crippen LogP contribution in [-0.4, -0.2) is 63.7 Å². The average molecular weight is 522 g/mol. The molecule has 0 bridgehead atoms. The standard InChI is InChI=1S/C23H28ClN5O5S/c1-4-32-23(31)33-21-12-17(22(30)25-15-7-9-28(10-8-15)14(2)3)26-29(21)13-16-11-18(34-27-16)19-5-6-20(24)35-19/h5-6,11-12,14-15H,4,7-10,13H2,1-3H3,(H,25,30). The van der Waals surface area contributed by atoms with Crippen molar-refractivity contribution in [1.82, 2.24) is 25.2 Å². The fourth-order valence-electron chi connectivity index (χ4n) is 3.86. The van der Waals surface area contributed by atoms with E-state index >= 15 is 0 Å². The lowest BCUT2D eigenvalue weighted by molar-refractivity contribution is 0.0894. The van der Waals surface area contributed by atoms with Crippen LogP contribution < -0.4 is 10.1 Å². The second-order valence-electron chi connectivity index (χ2n) is 8.47. The van der Waals surface area contributed by atoms with Crippen LogP contribution in [0.15, 0.2) is 28.8 Å². The first kappa shape index (κ1) is 25.2. The summed E-state index contributed by atoms with van der Waals surface area (Å²) < 4.78 is 17.6. The molecule has 1 aliphatic rings. The quantitative estimate of drug-likeness (QED) is 0.433. The third kappa shape index (κ3) is 6.41. The van der Waals surface area contributed by atoms with Crippen LogP contribution in [0.3, 0.4) is 0 Å². The van der Waals surface area contributed by atoms with Crippen molar-refractivity contribution < 1.29 is 23.6 Å². The Hall–Kier alpha value is -2.89. The lowest BCUT2D eigenvalue weighted by atomic mass is 10.0. The summed E-state index contributed by atoms with van der Waals surface area (Å²) in [5.74, 6) is 0.309. The van der Waals surface area contributed by atoms with E-state index in [0.29, 0.717) is 21.8 Å². The molecule has 12 heteroatoms. The number of ether oxygens (including phenoxy) is 2. The maximum absolute atomic E-state index is 12.9. The topological polar surface area (TPSA) is 112 Å². The Bertz CT molecular complexity index is 1160. The van der Waals surface area contributed by atoms with E-state index in [4.69, 9.17) is 25.6 Å². The number of amides is 1. The Labute approximate surface area is 212 Å². The van der Waals surface area contributed by atoms with Gasteiger partial charge in [0.15, 0.2) is 11.5 Å².